The Hall–Kier alpha value is -1.57. The second-order valence-corrected chi connectivity index (χ2v) is 2.80. The molecule has 0 amide bonds. The number of hydrogen-bond acceptors (Lipinski definition) is 1. The summed E-state index contributed by atoms with van der Waals surface area (Å²) in [4.78, 5) is 7.43. The number of aromatic nitrogens is 2. The minimum absolute atomic E-state index is 0.942. The third-order valence-corrected chi connectivity index (χ3v) is 2.01. The summed E-state index contributed by atoms with van der Waals surface area (Å²) in [7, 11) is 0. The Bertz CT molecular complexity index is 426. The Labute approximate surface area is 70.9 Å². The van der Waals surface area contributed by atoms with Gasteiger partial charge < -0.3 is 4.98 Å². The molecule has 2 nitrogen and oxygen atoms in total. The number of nitrogens with one attached hydrogen (secondary N) is 1. The second-order valence-electron chi connectivity index (χ2n) is 2.80. The van der Waals surface area contributed by atoms with E-state index in [0.717, 1.165) is 16.6 Å². The minimum atomic E-state index is 0.942. The Morgan fingerprint density at radius 3 is 3.17 bits per heavy atom. The first-order valence-corrected chi connectivity index (χ1v) is 3.88. The average Bonchev–Trinajstić information content (AvgIpc) is 2.54. The summed E-state index contributed by atoms with van der Waals surface area (Å²) in [5.41, 5.74) is 3.26. The van der Waals surface area contributed by atoms with Crippen molar-refractivity contribution in [2.45, 2.75) is 6.92 Å². The quantitative estimate of drug-likeness (QED) is 0.678. The molecule has 0 radical (unpaired) electrons. The van der Waals surface area contributed by atoms with Crippen molar-refractivity contribution in [3.05, 3.63) is 36.3 Å². The highest BCUT2D eigenvalue weighted by molar-refractivity contribution is 5.88. The van der Waals surface area contributed by atoms with Crippen LogP contribution in [0, 0.1) is 6.92 Å². The Kier molecular flexibility index (Phi) is 1.47. The van der Waals surface area contributed by atoms with Crippen LogP contribution in [-0.2, 0) is 0 Å². The number of pyridine rings is 1. The Morgan fingerprint density at radius 1 is 1.58 bits per heavy atom. The molecule has 0 aromatic carbocycles. The van der Waals surface area contributed by atoms with E-state index in [9.17, 15) is 0 Å². The van der Waals surface area contributed by atoms with E-state index in [1.807, 2.05) is 25.4 Å². The predicted octanol–water partition coefficient (Wildman–Crippen LogP) is 2.51. The first-order chi connectivity index (χ1) is 5.83. The number of aromatic amines is 1. The number of hydrogen-bond donors (Lipinski definition) is 1. The molecule has 0 unspecified atom stereocenters. The van der Waals surface area contributed by atoms with Gasteiger partial charge in [-0.05, 0) is 24.6 Å². The fraction of sp³-hybridized carbons (Fsp3) is 0.100. The van der Waals surface area contributed by atoms with Crippen molar-refractivity contribution in [3.63, 3.8) is 0 Å². The van der Waals surface area contributed by atoms with Gasteiger partial charge in [0.1, 0.15) is 0 Å². The van der Waals surface area contributed by atoms with Gasteiger partial charge in [-0.3, -0.25) is 4.98 Å². The first kappa shape index (κ1) is 7.10. The Balaban J connectivity index is 2.91. The van der Waals surface area contributed by atoms with Crippen LogP contribution in [-0.4, -0.2) is 9.97 Å². The standard InChI is InChI=1S/C10H10N2/c1-3-9-8-4-5-11-10(8)7(2)6-12-9/h3-6,11H,1H2,2H3. The zero-order valence-corrected chi connectivity index (χ0v) is 6.96. The molecular weight excluding hydrogens is 148 g/mol. The summed E-state index contributed by atoms with van der Waals surface area (Å²) in [6.07, 6.45) is 5.55. The molecule has 0 atom stereocenters. The van der Waals surface area contributed by atoms with Crippen LogP contribution < -0.4 is 0 Å². The fourth-order valence-corrected chi connectivity index (χ4v) is 1.37. The van der Waals surface area contributed by atoms with Crippen molar-refractivity contribution in [2.75, 3.05) is 0 Å². The van der Waals surface area contributed by atoms with E-state index < -0.39 is 0 Å². The topological polar surface area (TPSA) is 28.7 Å². The number of rotatable bonds is 1. The first-order valence-electron chi connectivity index (χ1n) is 3.88. The lowest BCUT2D eigenvalue weighted by Crippen LogP contribution is -1.84. The predicted molar refractivity (Wildman–Crippen MR) is 50.9 cm³/mol. The van der Waals surface area contributed by atoms with E-state index in [0.29, 0.717) is 0 Å². The van der Waals surface area contributed by atoms with Gasteiger partial charge in [-0.15, -0.1) is 0 Å². The maximum absolute atomic E-state index is 4.26. The van der Waals surface area contributed by atoms with Gasteiger partial charge in [0, 0.05) is 17.8 Å². The molecule has 0 bridgehead atoms. The highest BCUT2D eigenvalue weighted by atomic mass is 14.7. The van der Waals surface area contributed by atoms with Gasteiger partial charge in [-0.1, -0.05) is 6.58 Å². The van der Waals surface area contributed by atoms with E-state index in [2.05, 4.69) is 16.5 Å². The van der Waals surface area contributed by atoms with E-state index in [1.54, 1.807) is 6.08 Å². The molecule has 0 spiro atoms. The van der Waals surface area contributed by atoms with Crippen molar-refractivity contribution in [2.24, 2.45) is 0 Å². The highest BCUT2D eigenvalue weighted by Crippen LogP contribution is 2.19. The molecule has 12 heavy (non-hydrogen) atoms. The molecule has 0 aliphatic carbocycles. The molecule has 0 aliphatic rings. The zero-order chi connectivity index (χ0) is 8.55. The summed E-state index contributed by atoms with van der Waals surface area (Å²) in [6, 6.07) is 2.02. The summed E-state index contributed by atoms with van der Waals surface area (Å²) in [5, 5.41) is 1.14. The van der Waals surface area contributed by atoms with Crippen LogP contribution in [0.2, 0.25) is 0 Å². The largest absolute Gasteiger partial charge is 0.361 e. The SMILES string of the molecule is C=Cc1ncc(C)c2[nH]ccc12. The molecule has 0 saturated heterocycles. The molecule has 1 N–H and O–H groups in total. The third kappa shape index (κ3) is 0.848. The molecule has 2 heterocycles. The van der Waals surface area contributed by atoms with E-state index in [4.69, 9.17) is 0 Å². The highest BCUT2D eigenvalue weighted by Gasteiger charge is 2.01. The average molecular weight is 158 g/mol. The number of aryl methyl sites for hydroxylation is 1. The smallest absolute Gasteiger partial charge is 0.0717 e. The lowest BCUT2D eigenvalue weighted by molar-refractivity contribution is 1.27. The maximum atomic E-state index is 4.26. The van der Waals surface area contributed by atoms with Crippen LogP contribution in [0.1, 0.15) is 11.3 Å². The van der Waals surface area contributed by atoms with E-state index >= 15 is 0 Å². The molecule has 0 saturated carbocycles. The van der Waals surface area contributed by atoms with Crippen LogP contribution in [0.25, 0.3) is 17.0 Å². The van der Waals surface area contributed by atoms with Crippen molar-refractivity contribution >= 4 is 17.0 Å². The van der Waals surface area contributed by atoms with Crippen LogP contribution in [0.4, 0.5) is 0 Å². The monoisotopic (exact) mass is 158 g/mol. The van der Waals surface area contributed by atoms with Gasteiger partial charge in [0.15, 0.2) is 0 Å². The number of nitrogens with zero attached hydrogens (tertiary/aromatic N) is 1. The van der Waals surface area contributed by atoms with Gasteiger partial charge in [-0.25, -0.2) is 0 Å². The summed E-state index contributed by atoms with van der Waals surface area (Å²) in [6.45, 7) is 5.75. The zero-order valence-electron chi connectivity index (χ0n) is 6.96. The normalized spacial score (nSPS) is 10.4. The molecule has 2 aromatic heterocycles. The lowest BCUT2D eigenvalue weighted by atomic mass is 10.2. The van der Waals surface area contributed by atoms with Crippen LogP contribution in [0.3, 0.4) is 0 Å². The minimum Gasteiger partial charge on any atom is -0.361 e. The van der Waals surface area contributed by atoms with Gasteiger partial charge in [0.2, 0.25) is 0 Å². The van der Waals surface area contributed by atoms with Gasteiger partial charge in [0.25, 0.3) is 0 Å². The van der Waals surface area contributed by atoms with Crippen molar-refractivity contribution in [1.29, 1.82) is 0 Å². The summed E-state index contributed by atoms with van der Waals surface area (Å²) in [5.74, 6) is 0. The van der Waals surface area contributed by atoms with Crippen LogP contribution in [0.5, 0.6) is 0 Å². The maximum Gasteiger partial charge on any atom is 0.0717 e. The molecule has 0 fully saturated rings. The lowest BCUT2D eigenvalue weighted by Gasteiger charge is -1.98. The van der Waals surface area contributed by atoms with E-state index in [-0.39, 0.29) is 0 Å². The Morgan fingerprint density at radius 2 is 2.42 bits per heavy atom. The van der Waals surface area contributed by atoms with Crippen LogP contribution >= 0.6 is 0 Å². The fourth-order valence-electron chi connectivity index (χ4n) is 1.37. The molecule has 2 aromatic rings. The second kappa shape index (κ2) is 2.48. The molecular formula is C10H10N2. The number of H-pyrrole nitrogens is 1. The molecule has 0 aliphatic heterocycles. The molecule has 60 valence electrons. The summed E-state index contributed by atoms with van der Waals surface area (Å²) >= 11 is 0. The van der Waals surface area contributed by atoms with Gasteiger partial charge in [0.05, 0.1) is 11.2 Å². The summed E-state index contributed by atoms with van der Waals surface area (Å²) < 4.78 is 0. The van der Waals surface area contributed by atoms with E-state index in [1.165, 1.54) is 5.56 Å². The van der Waals surface area contributed by atoms with Crippen molar-refractivity contribution in [3.8, 4) is 0 Å². The molecule has 2 rings (SSSR count). The molecule has 2 heteroatoms. The van der Waals surface area contributed by atoms with Gasteiger partial charge in [-0.2, -0.15) is 0 Å². The van der Waals surface area contributed by atoms with Gasteiger partial charge >= 0.3 is 0 Å². The number of fused-ring (bicyclic) bond motifs is 1. The third-order valence-electron chi connectivity index (χ3n) is 2.01. The van der Waals surface area contributed by atoms with Crippen LogP contribution in [0.15, 0.2) is 25.0 Å². The van der Waals surface area contributed by atoms with Crippen molar-refractivity contribution in [1.82, 2.24) is 9.97 Å². The van der Waals surface area contributed by atoms with Crippen molar-refractivity contribution < 1.29 is 0 Å².